The molecule has 0 fully saturated rings. The number of benzene rings is 1. The van der Waals surface area contributed by atoms with Crippen LogP contribution in [0.3, 0.4) is 0 Å². The van der Waals surface area contributed by atoms with E-state index in [2.05, 4.69) is 10.6 Å². The van der Waals surface area contributed by atoms with E-state index in [0.717, 1.165) is 5.69 Å². The number of hydrogen-bond donors (Lipinski definition) is 3. The highest BCUT2D eigenvalue weighted by Gasteiger charge is 2.22. The topological polar surface area (TPSA) is 83.4 Å². The van der Waals surface area contributed by atoms with Crippen molar-refractivity contribution in [3.63, 3.8) is 0 Å². The van der Waals surface area contributed by atoms with Crippen molar-refractivity contribution in [1.29, 1.82) is 0 Å². The van der Waals surface area contributed by atoms with Gasteiger partial charge in [0, 0.05) is 23.8 Å². The summed E-state index contributed by atoms with van der Waals surface area (Å²) in [5.74, 6) is -0.937. The number of aliphatic carboxylic acids is 1. The molecular weight excluding hydrogens is 320 g/mol. The highest BCUT2D eigenvalue weighted by Crippen LogP contribution is 2.15. The molecule has 1 unspecified atom stereocenters. The van der Waals surface area contributed by atoms with E-state index in [9.17, 15) is 9.59 Å². The minimum atomic E-state index is -0.937. The summed E-state index contributed by atoms with van der Waals surface area (Å²) in [4.78, 5) is 23.3. The maximum Gasteiger partial charge on any atom is 0.319 e. The summed E-state index contributed by atoms with van der Waals surface area (Å²) in [6.07, 6.45) is 3.72. The predicted molar refractivity (Wildman–Crippen MR) is 96.9 cm³/mol. The van der Waals surface area contributed by atoms with Crippen molar-refractivity contribution in [3.05, 3.63) is 48.8 Å². The normalized spacial score (nSPS) is 12.4. The van der Waals surface area contributed by atoms with Gasteiger partial charge in [-0.05, 0) is 30.3 Å². The molecule has 3 N–H and O–H groups in total. The van der Waals surface area contributed by atoms with Gasteiger partial charge in [0.25, 0.3) is 0 Å². The highest BCUT2D eigenvalue weighted by atomic mass is 16.4. The van der Waals surface area contributed by atoms with Crippen LogP contribution in [0.5, 0.6) is 0 Å². The summed E-state index contributed by atoms with van der Waals surface area (Å²) < 4.78 is 2.49. The quantitative estimate of drug-likeness (QED) is 0.672. The molecule has 1 aromatic heterocycles. The Hall–Kier alpha value is -2.80. The number of carboxylic acid groups (broad SMARTS) is 1. The minimum absolute atomic E-state index is 0.119. The van der Waals surface area contributed by atoms with Crippen LogP contribution in [0.15, 0.2) is 48.8 Å². The third-order valence-corrected chi connectivity index (χ3v) is 3.53. The first-order chi connectivity index (χ1) is 11.7. The number of urea groups is 1. The third kappa shape index (κ3) is 6.31. The van der Waals surface area contributed by atoms with Gasteiger partial charge in [-0.1, -0.05) is 6.07 Å². The molecule has 0 radical (unpaired) electrons. The van der Waals surface area contributed by atoms with Crippen molar-refractivity contribution < 1.29 is 19.2 Å². The maximum atomic E-state index is 12.3. The first kappa shape index (κ1) is 18.5. The first-order valence-corrected chi connectivity index (χ1v) is 8.06. The highest BCUT2D eigenvalue weighted by molar-refractivity contribution is 5.90. The fourth-order valence-corrected chi connectivity index (χ4v) is 2.64. The summed E-state index contributed by atoms with van der Waals surface area (Å²) >= 11 is 0. The molecule has 7 nitrogen and oxygen atoms in total. The molecule has 2 rings (SSSR count). The molecule has 2 aromatic rings. The van der Waals surface area contributed by atoms with Crippen molar-refractivity contribution in [2.45, 2.75) is 12.5 Å². The van der Waals surface area contributed by atoms with Crippen molar-refractivity contribution in [3.8, 4) is 5.69 Å². The van der Waals surface area contributed by atoms with Gasteiger partial charge in [-0.3, -0.25) is 4.79 Å². The number of nitrogens with one attached hydrogen (secondary N) is 2. The van der Waals surface area contributed by atoms with Crippen molar-refractivity contribution >= 4 is 17.7 Å². The number of rotatable bonds is 7. The largest absolute Gasteiger partial charge is 0.481 e. The number of carbonyl (C=O) groups is 2. The Balaban J connectivity index is 2.02. The van der Waals surface area contributed by atoms with Gasteiger partial charge in [-0.2, -0.15) is 0 Å². The number of carboxylic acids is 1. The van der Waals surface area contributed by atoms with E-state index in [4.69, 9.17) is 5.11 Å². The number of quaternary nitrogens is 1. The third-order valence-electron chi connectivity index (χ3n) is 3.53. The molecule has 0 spiro atoms. The standard InChI is InChI=1S/C18H24N4O3/c1-22(2,3)13-15(12-17(23)24)20-18(25)19-14-7-6-8-16(11-14)21-9-4-5-10-21/h4-11,15H,12-13H2,1-3H3,(H2-,19,20,23,24,25)/p+1. The zero-order valence-corrected chi connectivity index (χ0v) is 14.8. The number of anilines is 1. The van der Waals surface area contributed by atoms with Gasteiger partial charge in [0.2, 0.25) is 0 Å². The molecule has 1 aromatic carbocycles. The summed E-state index contributed by atoms with van der Waals surface area (Å²) in [5.41, 5.74) is 1.57. The molecule has 0 bridgehead atoms. The lowest BCUT2D eigenvalue weighted by Gasteiger charge is -2.29. The van der Waals surface area contributed by atoms with Crippen LogP contribution in [-0.2, 0) is 4.79 Å². The second kappa shape index (κ2) is 7.85. The molecule has 2 amide bonds. The van der Waals surface area contributed by atoms with Gasteiger partial charge in [-0.25, -0.2) is 4.79 Å². The fourth-order valence-electron chi connectivity index (χ4n) is 2.64. The summed E-state index contributed by atoms with van der Waals surface area (Å²) in [5, 5.41) is 14.6. The lowest BCUT2D eigenvalue weighted by molar-refractivity contribution is -0.871. The Morgan fingerprint density at radius 2 is 1.84 bits per heavy atom. The van der Waals surface area contributed by atoms with E-state index in [1.54, 1.807) is 6.07 Å². The van der Waals surface area contributed by atoms with Crippen LogP contribution in [0.25, 0.3) is 5.69 Å². The van der Waals surface area contributed by atoms with Crippen LogP contribution in [-0.4, -0.2) is 59.9 Å². The van der Waals surface area contributed by atoms with E-state index in [-0.39, 0.29) is 6.42 Å². The van der Waals surface area contributed by atoms with Gasteiger partial charge < -0.3 is 24.8 Å². The summed E-state index contributed by atoms with van der Waals surface area (Å²) in [6, 6.07) is 10.4. The average Bonchev–Trinajstić information content (AvgIpc) is 2.98. The lowest BCUT2D eigenvalue weighted by Crippen LogP contribution is -2.50. The zero-order chi connectivity index (χ0) is 18.4. The van der Waals surface area contributed by atoms with Crippen LogP contribution in [0.2, 0.25) is 0 Å². The molecule has 1 atom stereocenters. The Kier molecular flexibility index (Phi) is 5.82. The molecule has 0 saturated carbocycles. The molecular formula is C18H25N4O3+. The second-order valence-electron chi connectivity index (χ2n) is 7.01. The molecule has 7 heteroatoms. The van der Waals surface area contributed by atoms with Gasteiger partial charge >= 0.3 is 12.0 Å². The smallest absolute Gasteiger partial charge is 0.319 e. The molecule has 0 aliphatic heterocycles. The van der Waals surface area contributed by atoms with Crippen LogP contribution >= 0.6 is 0 Å². The molecule has 0 aliphatic carbocycles. The number of amides is 2. The number of hydrogen-bond acceptors (Lipinski definition) is 2. The Bertz CT molecular complexity index is 720. The number of likely N-dealkylation sites (N-methyl/N-ethyl adjacent to an activating group) is 1. The molecule has 0 aliphatic rings. The van der Waals surface area contributed by atoms with E-state index in [1.165, 1.54) is 0 Å². The van der Waals surface area contributed by atoms with E-state index in [0.29, 0.717) is 16.7 Å². The molecule has 134 valence electrons. The molecule has 1 heterocycles. The van der Waals surface area contributed by atoms with Crippen molar-refractivity contribution in [2.24, 2.45) is 0 Å². The zero-order valence-electron chi connectivity index (χ0n) is 14.8. The van der Waals surface area contributed by atoms with Crippen LogP contribution in [0, 0.1) is 0 Å². The predicted octanol–water partition coefficient (Wildman–Crippen LogP) is 2.15. The SMILES string of the molecule is C[N+](C)(C)CC(CC(=O)O)NC(=O)Nc1cccc(-n2cccc2)c1. The Morgan fingerprint density at radius 1 is 1.16 bits per heavy atom. The van der Waals surface area contributed by atoms with Crippen molar-refractivity contribution in [2.75, 3.05) is 33.0 Å². The second-order valence-corrected chi connectivity index (χ2v) is 7.01. The van der Waals surface area contributed by atoms with Crippen LogP contribution in [0.4, 0.5) is 10.5 Å². The van der Waals surface area contributed by atoms with Gasteiger partial charge in [0.1, 0.15) is 0 Å². The number of carbonyl (C=O) groups excluding carboxylic acids is 1. The summed E-state index contributed by atoms with van der Waals surface area (Å²) in [7, 11) is 5.86. The van der Waals surface area contributed by atoms with E-state index in [1.807, 2.05) is 68.4 Å². The Morgan fingerprint density at radius 3 is 2.44 bits per heavy atom. The number of aromatic nitrogens is 1. The van der Waals surface area contributed by atoms with Crippen LogP contribution < -0.4 is 10.6 Å². The molecule has 25 heavy (non-hydrogen) atoms. The maximum absolute atomic E-state index is 12.3. The van der Waals surface area contributed by atoms with Gasteiger partial charge in [0.05, 0.1) is 40.2 Å². The monoisotopic (exact) mass is 345 g/mol. The van der Waals surface area contributed by atoms with Gasteiger partial charge in [0.15, 0.2) is 0 Å². The van der Waals surface area contributed by atoms with E-state index >= 15 is 0 Å². The number of nitrogens with zero attached hydrogens (tertiary/aromatic N) is 2. The summed E-state index contributed by atoms with van der Waals surface area (Å²) in [6.45, 7) is 0.517. The van der Waals surface area contributed by atoms with Crippen molar-refractivity contribution in [1.82, 2.24) is 9.88 Å². The van der Waals surface area contributed by atoms with Crippen LogP contribution in [0.1, 0.15) is 6.42 Å². The lowest BCUT2D eigenvalue weighted by atomic mass is 10.2. The fraction of sp³-hybridized carbons (Fsp3) is 0.333. The van der Waals surface area contributed by atoms with E-state index < -0.39 is 18.0 Å². The van der Waals surface area contributed by atoms with Gasteiger partial charge in [-0.15, -0.1) is 0 Å². The average molecular weight is 345 g/mol. The Labute approximate surface area is 147 Å². The first-order valence-electron chi connectivity index (χ1n) is 8.06. The minimum Gasteiger partial charge on any atom is -0.481 e. The molecule has 0 saturated heterocycles.